The predicted octanol–water partition coefficient (Wildman–Crippen LogP) is 4.32. The van der Waals surface area contributed by atoms with Gasteiger partial charge in [-0.05, 0) is 11.6 Å². The van der Waals surface area contributed by atoms with Gasteiger partial charge < -0.3 is 0 Å². The molecule has 0 aromatic heterocycles. The van der Waals surface area contributed by atoms with Crippen molar-refractivity contribution in [3.05, 3.63) is 53.6 Å². The zero-order chi connectivity index (χ0) is 15.4. The molecular weight excluding hydrogens is 286 g/mol. The third-order valence-corrected chi connectivity index (χ3v) is 2.14. The summed E-state index contributed by atoms with van der Waals surface area (Å²) in [7, 11) is 0. The van der Waals surface area contributed by atoms with Crippen molar-refractivity contribution < 1.29 is 31.1 Å². The lowest BCUT2D eigenvalue weighted by Gasteiger charge is -2.13. The molecule has 0 atom stereocenters. The number of alkyl halides is 6. The van der Waals surface area contributed by atoms with E-state index in [4.69, 9.17) is 0 Å². The van der Waals surface area contributed by atoms with Crippen LogP contribution in [0.1, 0.15) is 5.56 Å². The Morgan fingerprint density at radius 3 is 1.85 bits per heavy atom. The highest BCUT2D eigenvalue weighted by molar-refractivity contribution is 6.02. The van der Waals surface area contributed by atoms with Crippen LogP contribution in [0, 0.1) is 0 Å². The molecule has 0 bridgehead atoms. The van der Waals surface area contributed by atoms with Gasteiger partial charge >= 0.3 is 12.4 Å². The van der Waals surface area contributed by atoms with Crippen molar-refractivity contribution >= 4 is 11.9 Å². The molecule has 0 aliphatic carbocycles. The highest BCUT2D eigenvalue weighted by Crippen LogP contribution is 2.38. The number of hydrogen-bond acceptors (Lipinski definition) is 1. The van der Waals surface area contributed by atoms with Gasteiger partial charge in [-0.2, -0.15) is 26.3 Å². The maximum Gasteiger partial charge on any atom is 0.421 e. The van der Waals surface area contributed by atoms with Crippen molar-refractivity contribution in [3.8, 4) is 0 Å². The summed E-state index contributed by atoms with van der Waals surface area (Å²) < 4.78 is 73.0. The van der Waals surface area contributed by atoms with Crippen LogP contribution in [0.5, 0.6) is 0 Å². The fourth-order valence-corrected chi connectivity index (χ4v) is 1.26. The lowest BCUT2D eigenvalue weighted by atomic mass is 10.1. The van der Waals surface area contributed by atoms with Gasteiger partial charge in [0.1, 0.15) is 5.57 Å². The molecule has 0 spiro atoms. The number of allylic oxidation sites excluding steroid dienone is 3. The minimum atomic E-state index is -5.63. The molecule has 0 heterocycles. The predicted molar refractivity (Wildman–Crippen MR) is 60.7 cm³/mol. The quantitative estimate of drug-likeness (QED) is 0.599. The topological polar surface area (TPSA) is 17.1 Å². The summed E-state index contributed by atoms with van der Waals surface area (Å²) in [6.07, 6.45) is -9.95. The zero-order valence-corrected chi connectivity index (χ0v) is 9.79. The SMILES string of the molecule is O=C(C=C(C(F)(F)F)C(F)(F)F)/C=C/c1ccccc1. The number of halogens is 6. The van der Waals surface area contributed by atoms with Crippen LogP contribution < -0.4 is 0 Å². The lowest BCUT2D eigenvalue weighted by Crippen LogP contribution is -2.26. The second-order valence-corrected chi connectivity index (χ2v) is 3.70. The van der Waals surface area contributed by atoms with E-state index in [9.17, 15) is 31.1 Å². The van der Waals surface area contributed by atoms with Gasteiger partial charge in [0.25, 0.3) is 0 Å². The molecule has 0 amide bonds. The summed E-state index contributed by atoms with van der Waals surface area (Å²) in [5.41, 5.74) is -2.34. The first kappa shape index (κ1) is 16.0. The number of carbonyl (C=O) groups is 1. The fourth-order valence-electron chi connectivity index (χ4n) is 1.26. The van der Waals surface area contributed by atoms with Gasteiger partial charge in [0.05, 0.1) is 0 Å². The molecule has 1 aromatic rings. The lowest BCUT2D eigenvalue weighted by molar-refractivity contribution is -0.172. The average Bonchev–Trinajstić information content (AvgIpc) is 2.32. The summed E-state index contributed by atoms with van der Waals surface area (Å²) in [5.74, 6) is -1.39. The van der Waals surface area contributed by atoms with E-state index in [1.807, 2.05) is 0 Å². The summed E-state index contributed by atoms with van der Waals surface area (Å²) in [6, 6.07) is 7.97. The van der Waals surface area contributed by atoms with Gasteiger partial charge in [-0.15, -0.1) is 0 Å². The van der Waals surface area contributed by atoms with Crippen LogP contribution in [0.15, 0.2) is 48.1 Å². The van der Waals surface area contributed by atoms with Crippen molar-refractivity contribution in [2.75, 3.05) is 0 Å². The van der Waals surface area contributed by atoms with Crippen LogP contribution in [0.2, 0.25) is 0 Å². The van der Waals surface area contributed by atoms with Gasteiger partial charge in [-0.3, -0.25) is 4.79 Å². The van der Waals surface area contributed by atoms with E-state index in [1.165, 1.54) is 0 Å². The summed E-state index contributed by atoms with van der Waals surface area (Å²) in [6.45, 7) is 0. The molecule has 1 nitrogen and oxygen atoms in total. The molecule has 0 saturated heterocycles. The van der Waals surface area contributed by atoms with Crippen LogP contribution in [0.4, 0.5) is 26.3 Å². The van der Waals surface area contributed by atoms with Crippen molar-refractivity contribution in [1.82, 2.24) is 0 Å². The molecule has 0 fully saturated rings. The van der Waals surface area contributed by atoms with Crippen LogP contribution >= 0.6 is 0 Å². The summed E-state index contributed by atoms with van der Waals surface area (Å²) in [4.78, 5) is 11.2. The highest BCUT2D eigenvalue weighted by atomic mass is 19.4. The van der Waals surface area contributed by atoms with E-state index in [-0.39, 0.29) is 0 Å². The van der Waals surface area contributed by atoms with Gasteiger partial charge in [0.15, 0.2) is 5.78 Å². The molecule has 1 rings (SSSR count). The van der Waals surface area contributed by atoms with Gasteiger partial charge in [0, 0.05) is 6.08 Å². The van der Waals surface area contributed by atoms with Crippen LogP contribution in [-0.4, -0.2) is 18.1 Å². The molecular formula is C13H8F6O. The Labute approximate surface area is 110 Å². The largest absolute Gasteiger partial charge is 0.421 e. The third-order valence-electron chi connectivity index (χ3n) is 2.14. The Balaban J connectivity index is 2.96. The second-order valence-electron chi connectivity index (χ2n) is 3.70. The average molecular weight is 294 g/mol. The molecule has 0 aliphatic rings. The summed E-state index contributed by atoms with van der Waals surface area (Å²) >= 11 is 0. The van der Waals surface area contributed by atoms with E-state index < -0.39 is 29.8 Å². The molecule has 0 saturated carbocycles. The van der Waals surface area contributed by atoms with Crippen molar-refractivity contribution in [2.24, 2.45) is 0 Å². The van der Waals surface area contributed by atoms with E-state index in [0.29, 0.717) is 11.6 Å². The maximum atomic E-state index is 12.2. The number of ketones is 1. The Bertz CT molecular complexity index is 506. The van der Waals surface area contributed by atoms with Gasteiger partial charge in [-0.1, -0.05) is 36.4 Å². The van der Waals surface area contributed by atoms with Crippen molar-refractivity contribution in [1.29, 1.82) is 0 Å². The molecule has 0 unspecified atom stereocenters. The Kier molecular flexibility index (Phi) is 4.75. The van der Waals surface area contributed by atoms with Gasteiger partial charge in [0.2, 0.25) is 0 Å². The third kappa shape index (κ3) is 4.91. The fraction of sp³-hybridized carbons (Fsp3) is 0.154. The van der Waals surface area contributed by atoms with Crippen molar-refractivity contribution in [3.63, 3.8) is 0 Å². The maximum absolute atomic E-state index is 12.2. The normalized spacial score (nSPS) is 12.5. The van der Waals surface area contributed by atoms with E-state index >= 15 is 0 Å². The number of hydrogen-bond donors (Lipinski definition) is 0. The van der Waals surface area contributed by atoms with Gasteiger partial charge in [-0.25, -0.2) is 0 Å². The molecule has 108 valence electrons. The Morgan fingerprint density at radius 1 is 0.900 bits per heavy atom. The van der Waals surface area contributed by atoms with E-state index in [1.54, 1.807) is 30.3 Å². The smallest absolute Gasteiger partial charge is 0.290 e. The molecule has 0 aliphatic heterocycles. The Morgan fingerprint density at radius 2 is 1.40 bits per heavy atom. The van der Waals surface area contributed by atoms with Crippen LogP contribution in [-0.2, 0) is 4.79 Å². The number of rotatable bonds is 3. The summed E-state index contributed by atoms with van der Waals surface area (Å²) in [5, 5.41) is 0. The standard InChI is InChI=1S/C13H8F6O/c14-12(15,16)11(13(17,18)19)8-10(20)7-6-9-4-2-1-3-5-9/h1-8H/b7-6+. The molecule has 7 heteroatoms. The Hall–Kier alpha value is -2.05. The van der Waals surface area contributed by atoms with Crippen molar-refractivity contribution in [2.45, 2.75) is 12.4 Å². The van der Waals surface area contributed by atoms with E-state index in [2.05, 4.69) is 0 Å². The zero-order valence-electron chi connectivity index (χ0n) is 9.79. The first-order chi connectivity index (χ1) is 9.10. The monoisotopic (exact) mass is 294 g/mol. The minimum Gasteiger partial charge on any atom is -0.290 e. The number of benzene rings is 1. The van der Waals surface area contributed by atoms with Crippen LogP contribution in [0.25, 0.3) is 6.08 Å². The number of carbonyl (C=O) groups excluding carboxylic acids is 1. The highest BCUT2D eigenvalue weighted by Gasteiger charge is 2.51. The molecule has 0 radical (unpaired) electrons. The first-order valence-corrected chi connectivity index (χ1v) is 5.24. The molecule has 1 aromatic carbocycles. The molecule has 0 N–H and O–H groups in total. The first-order valence-electron chi connectivity index (χ1n) is 5.24. The van der Waals surface area contributed by atoms with E-state index in [0.717, 1.165) is 6.08 Å². The second kappa shape index (κ2) is 5.94. The minimum absolute atomic E-state index is 0.459. The molecule has 20 heavy (non-hydrogen) atoms. The van der Waals surface area contributed by atoms with Crippen LogP contribution in [0.3, 0.4) is 0 Å².